The molecule has 1 aromatic rings. The number of aliphatic imine (C=N–C) groups is 1. The normalized spacial score (nSPS) is 20.9. The molecule has 0 bridgehead atoms. The highest BCUT2D eigenvalue weighted by molar-refractivity contribution is 8.15. The number of Topliss-reactive ketones (excluding diaryl/α,β-unsaturated/α-hetero) is 1. The van der Waals surface area contributed by atoms with Crippen LogP contribution in [0.5, 0.6) is 5.75 Å². The van der Waals surface area contributed by atoms with Gasteiger partial charge < -0.3 is 4.74 Å². The lowest BCUT2D eigenvalue weighted by atomic mass is 9.91. The van der Waals surface area contributed by atoms with Gasteiger partial charge in [-0.2, -0.15) is 0 Å². The molecule has 1 fully saturated rings. The predicted molar refractivity (Wildman–Crippen MR) is 85.9 cm³/mol. The second-order valence-electron chi connectivity index (χ2n) is 5.15. The number of benzene rings is 1. The van der Waals surface area contributed by atoms with Gasteiger partial charge in [0.05, 0.1) is 18.9 Å². The summed E-state index contributed by atoms with van der Waals surface area (Å²) in [4.78, 5) is 30.5. The van der Waals surface area contributed by atoms with Crippen molar-refractivity contribution in [2.75, 3.05) is 12.9 Å². The number of carbonyl (C=O) groups is 2. The van der Waals surface area contributed by atoms with Crippen LogP contribution in [0.1, 0.15) is 25.5 Å². The molecule has 6 heteroatoms. The fraction of sp³-hybridized carbons (Fsp3) is 0.312. The van der Waals surface area contributed by atoms with E-state index in [0.717, 1.165) is 5.56 Å². The molecule has 2 heterocycles. The molecule has 22 heavy (non-hydrogen) atoms. The molecule has 1 atom stereocenters. The third-order valence-electron chi connectivity index (χ3n) is 3.80. The first kappa shape index (κ1) is 14.8. The van der Waals surface area contributed by atoms with Gasteiger partial charge in [-0.15, -0.1) is 0 Å². The Hall–Kier alpha value is -2.08. The summed E-state index contributed by atoms with van der Waals surface area (Å²) in [6.45, 7) is 3.32. The molecule has 0 saturated carbocycles. The third kappa shape index (κ3) is 2.23. The number of allylic oxidation sites excluding steroid dienone is 1. The number of hydrogen-bond acceptors (Lipinski definition) is 5. The lowest BCUT2D eigenvalue weighted by Gasteiger charge is -2.33. The van der Waals surface area contributed by atoms with Crippen molar-refractivity contribution in [1.82, 2.24) is 4.90 Å². The molecule has 114 valence electrons. The van der Waals surface area contributed by atoms with E-state index in [1.165, 1.54) is 18.7 Å². The van der Waals surface area contributed by atoms with Gasteiger partial charge in [-0.25, -0.2) is 4.99 Å². The maximum Gasteiger partial charge on any atom is 0.239 e. The summed E-state index contributed by atoms with van der Waals surface area (Å²) in [5.41, 5.74) is 2.01. The lowest BCUT2D eigenvalue weighted by Crippen LogP contribution is -2.39. The number of ketones is 1. The largest absolute Gasteiger partial charge is 0.496 e. The molecule has 2 aliphatic rings. The number of nitrogens with zero attached hydrogens (tertiary/aromatic N) is 2. The highest BCUT2D eigenvalue weighted by Crippen LogP contribution is 2.43. The average molecular weight is 316 g/mol. The van der Waals surface area contributed by atoms with Crippen molar-refractivity contribution in [3.63, 3.8) is 0 Å². The van der Waals surface area contributed by atoms with Crippen molar-refractivity contribution in [3.8, 4) is 5.75 Å². The van der Waals surface area contributed by atoms with Crippen LogP contribution in [0, 0.1) is 0 Å². The van der Waals surface area contributed by atoms with Crippen molar-refractivity contribution in [3.05, 3.63) is 41.1 Å². The second-order valence-corrected chi connectivity index (χ2v) is 6.09. The van der Waals surface area contributed by atoms with Crippen LogP contribution in [-0.2, 0) is 9.59 Å². The molecule has 5 nitrogen and oxygen atoms in total. The average Bonchev–Trinajstić information content (AvgIpc) is 2.86. The van der Waals surface area contributed by atoms with E-state index in [-0.39, 0.29) is 11.7 Å². The van der Waals surface area contributed by atoms with E-state index in [0.29, 0.717) is 27.9 Å². The molecule has 1 unspecified atom stereocenters. The smallest absolute Gasteiger partial charge is 0.239 e. The number of thioether (sulfide) groups is 1. The molecular weight excluding hydrogens is 300 g/mol. The van der Waals surface area contributed by atoms with Crippen LogP contribution in [0.4, 0.5) is 0 Å². The van der Waals surface area contributed by atoms with Gasteiger partial charge in [0.15, 0.2) is 11.0 Å². The van der Waals surface area contributed by atoms with Crippen molar-refractivity contribution < 1.29 is 14.3 Å². The van der Waals surface area contributed by atoms with E-state index in [1.54, 1.807) is 12.0 Å². The van der Waals surface area contributed by atoms with E-state index in [4.69, 9.17) is 4.74 Å². The first-order valence-corrected chi connectivity index (χ1v) is 7.91. The van der Waals surface area contributed by atoms with Gasteiger partial charge in [0, 0.05) is 16.8 Å². The minimum Gasteiger partial charge on any atom is -0.496 e. The first-order chi connectivity index (χ1) is 10.5. The van der Waals surface area contributed by atoms with Crippen LogP contribution < -0.4 is 4.74 Å². The van der Waals surface area contributed by atoms with Gasteiger partial charge >= 0.3 is 0 Å². The number of fused-ring (bicyclic) bond motifs is 1. The summed E-state index contributed by atoms with van der Waals surface area (Å²) in [6, 6.07) is 7.00. The Morgan fingerprint density at radius 3 is 2.82 bits per heavy atom. The van der Waals surface area contributed by atoms with Crippen molar-refractivity contribution >= 4 is 28.6 Å². The minimum absolute atomic E-state index is 0.0362. The number of rotatable bonds is 3. The molecular formula is C16H16N2O3S. The maximum atomic E-state index is 12.3. The van der Waals surface area contributed by atoms with E-state index in [9.17, 15) is 9.59 Å². The standard InChI is InChI=1S/C16H16N2O3S/c1-9-14(10(2)19)15(11-6-4-5-7-12(11)21-3)18-13(20)8-22-16(18)17-9/h4-7,15H,8H2,1-3H3. The zero-order valence-corrected chi connectivity index (χ0v) is 13.4. The van der Waals surface area contributed by atoms with E-state index in [1.807, 2.05) is 31.2 Å². The van der Waals surface area contributed by atoms with Gasteiger partial charge in [0.2, 0.25) is 5.91 Å². The highest BCUT2D eigenvalue weighted by atomic mass is 32.2. The fourth-order valence-electron chi connectivity index (χ4n) is 2.88. The molecule has 1 saturated heterocycles. The van der Waals surface area contributed by atoms with E-state index < -0.39 is 6.04 Å². The number of amidine groups is 1. The van der Waals surface area contributed by atoms with Crippen LogP contribution >= 0.6 is 11.8 Å². The summed E-state index contributed by atoms with van der Waals surface area (Å²) in [5, 5.41) is 0.656. The number of para-hydroxylation sites is 1. The molecule has 0 aliphatic carbocycles. The molecule has 2 aliphatic heterocycles. The summed E-state index contributed by atoms with van der Waals surface area (Å²) in [5.74, 6) is 0.889. The Labute approximate surface area is 133 Å². The number of carbonyl (C=O) groups excluding carboxylic acids is 2. The summed E-state index contributed by atoms with van der Waals surface area (Å²) >= 11 is 1.40. The Morgan fingerprint density at radius 1 is 1.41 bits per heavy atom. The molecule has 0 spiro atoms. The lowest BCUT2D eigenvalue weighted by molar-refractivity contribution is -0.125. The van der Waals surface area contributed by atoms with E-state index in [2.05, 4.69) is 4.99 Å². The van der Waals surface area contributed by atoms with Crippen LogP contribution in [0.2, 0.25) is 0 Å². The fourth-order valence-corrected chi connectivity index (χ4v) is 3.82. The zero-order chi connectivity index (χ0) is 15.9. The molecule has 1 aromatic carbocycles. The topological polar surface area (TPSA) is 59.0 Å². The van der Waals surface area contributed by atoms with Gasteiger partial charge in [0.1, 0.15) is 5.75 Å². The third-order valence-corrected chi connectivity index (χ3v) is 4.73. The van der Waals surface area contributed by atoms with Crippen LogP contribution in [-0.4, -0.2) is 34.6 Å². The van der Waals surface area contributed by atoms with Crippen LogP contribution in [0.25, 0.3) is 0 Å². The van der Waals surface area contributed by atoms with Crippen molar-refractivity contribution in [1.29, 1.82) is 0 Å². The van der Waals surface area contributed by atoms with Gasteiger partial charge in [-0.05, 0) is 19.9 Å². The number of amides is 1. The van der Waals surface area contributed by atoms with Crippen molar-refractivity contribution in [2.24, 2.45) is 4.99 Å². The summed E-state index contributed by atoms with van der Waals surface area (Å²) in [6.07, 6.45) is 0. The zero-order valence-electron chi connectivity index (χ0n) is 12.6. The highest BCUT2D eigenvalue weighted by Gasteiger charge is 2.42. The maximum absolute atomic E-state index is 12.3. The molecule has 1 amide bonds. The molecule has 0 aromatic heterocycles. The monoisotopic (exact) mass is 316 g/mol. The predicted octanol–water partition coefficient (Wildman–Crippen LogP) is 2.54. The van der Waals surface area contributed by atoms with Gasteiger partial charge in [-0.1, -0.05) is 30.0 Å². The Morgan fingerprint density at radius 2 is 2.14 bits per heavy atom. The van der Waals surface area contributed by atoms with Gasteiger partial charge in [0.25, 0.3) is 0 Å². The van der Waals surface area contributed by atoms with Gasteiger partial charge in [-0.3, -0.25) is 14.5 Å². The first-order valence-electron chi connectivity index (χ1n) is 6.92. The Balaban J connectivity index is 2.22. The second kappa shape index (κ2) is 5.61. The van der Waals surface area contributed by atoms with Crippen LogP contribution in [0.3, 0.4) is 0 Å². The minimum atomic E-state index is -0.469. The molecule has 3 rings (SSSR count). The molecule has 0 radical (unpaired) electrons. The SMILES string of the molecule is COc1ccccc1C1C(C(C)=O)=C(C)N=C2SCC(=O)N21. The van der Waals surface area contributed by atoms with Crippen LogP contribution in [0.15, 0.2) is 40.5 Å². The quantitative estimate of drug-likeness (QED) is 0.860. The Kier molecular flexibility index (Phi) is 3.78. The number of methoxy groups -OCH3 is 1. The Bertz CT molecular complexity index is 724. The molecule has 0 N–H and O–H groups in total. The summed E-state index contributed by atoms with van der Waals surface area (Å²) < 4.78 is 5.43. The number of ether oxygens (including phenoxy) is 1. The summed E-state index contributed by atoms with van der Waals surface area (Å²) in [7, 11) is 1.58. The van der Waals surface area contributed by atoms with Crippen molar-refractivity contribution in [2.45, 2.75) is 19.9 Å². The van der Waals surface area contributed by atoms with E-state index >= 15 is 0 Å². The number of hydrogen-bond donors (Lipinski definition) is 0.